The Bertz CT molecular complexity index is 784. The number of piperazine rings is 1. The van der Waals surface area contributed by atoms with Gasteiger partial charge in [0.1, 0.15) is 5.75 Å². The second-order valence-corrected chi connectivity index (χ2v) is 8.45. The summed E-state index contributed by atoms with van der Waals surface area (Å²) in [4.78, 5) is 2.22. The molecule has 0 bridgehead atoms. The SMILES string of the molecule is CCOc1ccc(N2CCN(S(=O)(=O)CCc3ccccc3)CC2)cc1. The lowest BCUT2D eigenvalue weighted by Crippen LogP contribution is -2.49. The molecule has 6 heteroatoms. The van der Waals surface area contributed by atoms with E-state index in [1.807, 2.05) is 61.5 Å². The first-order valence-corrected chi connectivity index (χ1v) is 10.7. The summed E-state index contributed by atoms with van der Waals surface area (Å²) in [6, 6.07) is 17.8. The maximum absolute atomic E-state index is 12.6. The van der Waals surface area contributed by atoms with Gasteiger partial charge in [-0.1, -0.05) is 30.3 Å². The zero-order valence-electron chi connectivity index (χ0n) is 15.2. The summed E-state index contributed by atoms with van der Waals surface area (Å²) in [5, 5.41) is 0. The van der Waals surface area contributed by atoms with Crippen molar-refractivity contribution in [2.24, 2.45) is 0 Å². The van der Waals surface area contributed by atoms with Gasteiger partial charge in [-0.05, 0) is 43.2 Å². The van der Waals surface area contributed by atoms with Crippen molar-refractivity contribution in [1.29, 1.82) is 0 Å². The average molecular weight is 375 g/mol. The molecule has 0 unspecified atom stereocenters. The molecule has 2 aromatic carbocycles. The van der Waals surface area contributed by atoms with Gasteiger partial charge >= 0.3 is 0 Å². The van der Waals surface area contributed by atoms with Crippen LogP contribution in [0.3, 0.4) is 0 Å². The summed E-state index contributed by atoms with van der Waals surface area (Å²) >= 11 is 0. The molecule has 0 amide bonds. The van der Waals surface area contributed by atoms with E-state index in [1.165, 1.54) is 0 Å². The average Bonchev–Trinajstić information content (AvgIpc) is 2.68. The van der Waals surface area contributed by atoms with Crippen molar-refractivity contribution >= 4 is 15.7 Å². The fraction of sp³-hybridized carbons (Fsp3) is 0.400. The van der Waals surface area contributed by atoms with Crippen LogP contribution in [-0.2, 0) is 16.4 Å². The van der Waals surface area contributed by atoms with Crippen LogP contribution >= 0.6 is 0 Å². The van der Waals surface area contributed by atoms with E-state index in [0.717, 1.165) is 17.0 Å². The van der Waals surface area contributed by atoms with E-state index >= 15 is 0 Å². The molecule has 0 radical (unpaired) electrons. The largest absolute Gasteiger partial charge is 0.494 e. The fourth-order valence-electron chi connectivity index (χ4n) is 3.16. The fourth-order valence-corrected chi connectivity index (χ4v) is 4.64. The molecule has 0 atom stereocenters. The molecule has 3 rings (SSSR count). The summed E-state index contributed by atoms with van der Waals surface area (Å²) in [6.45, 7) is 5.09. The lowest BCUT2D eigenvalue weighted by molar-refractivity contribution is 0.340. The highest BCUT2D eigenvalue weighted by Crippen LogP contribution is 2.21. The van der Waals surface area contributed by atoms with Gasteiger partial charge in [0.15, 0.2) is 0 Å². The van der Waals surface area contributed by atoms with Gasteiger partial charge in [-0.25, -0.2) is 8.42 Å². The summed E-state index contributed by atoms with van der Waals surface area (Å²) in [5.41, 5.74) is 2.17. The number of hydrogen-bond acceptors (Lipinski definition) is 4. The first kappa shape index (κ1) is 18.7. The van der Waals surface area contributed by atoms with Crippen molar-refractivity contribution in [2.75, 3.05) is 43.4 Å². The molecule has 0 aromatic heterocycles. The van der Waals surface area contributed by atoms with E-state index < -0.39 is 10.0 Å². The molecule has 0 N–H and O–H groups in total. The van der Waals surface area contributed by atoms with Crippen LogP contribution in [-0.4, -0.2) is 51.3 Å². The third kappa shape index (κ3) is 4.77. The smallest absolute Gasteiger partial charge is 0.214 e. The minimum absolute atomic E-state index is 0.167. The van der Waals surface area contributed by atoms with Crippen LogP contribution in [0.15, 0.2) is 54.6 Å². The second kappa shape index (κ2) is 8.56. The van der Waals surface area contributed by atoms with Gasteiger partial charge < -0.3 is 9.64 Å². The topological polar surface area (TPSA) is 49.9 Å². The van der Waals surface area contributed by atoms with Crippen LogP contribution < -0.4 is 9.64 Å². The molecule has 1 heterocycles. The molecule has 0 spiro atoms. The van der Waals surface area contributed by atoms with E-state index in [2.05, 4.69) is 4.90 Å². The third-order valence-corrected chi connectivity index (χ3v) is 6.51. The highest BCUT2D eigenvalue weighted by molar-refractivity contribution is 7.89. The minimum atomic E-state index is -3.21. The van der Waals surface area contributed by atoms with E-state index in [9.17, 15) is 8.42 Å². The number of nitrogens with zero attached hydrogens (tertiary/aromatic N) is 2. The van der Waals surface area contributed by atoms with Crippen LogP contribution in [0.4, 0.5) is 5.69 Å². The predicted octanol–water partition coefficient (Wildman–Crippen LogP) is 2.78. The van der Waals surface area contributed by atoms with Crippen molar-refractivity contribution in [3.63, 3.8) is 0 Å². The maximum atomic E-state index is 12.6. The molecule has 1 fully saturated rings. The van der Waals surface area contributed by atoms with E-state index in [0.29, 0.717) is 39.2 Å². The molecule has 5 nitrogen and oxygen atoms in total. The molecule has 140 valence electrons. The molecule has 1 aliphatic heterocycles. The number of benzene rings is 2. The van der Waals surface area contributed by atoms with Crippen LogP contribution in [0.1, 0.15) is 12.5 Å². The van der Waals surface area contributed by atoms with Crippen LogP contribution in [0.25, 0.3) is 0 Å². The lowest BCUT2D eigenvalue weighted by Gasteiger charge is -2.35. The summed E-state index contributed by atoms with van der Waals surface area (Å²) in [6.07, 6.45) is 0.558. The van der Waals surface area contributed by atoms with Crippen molar-refractivity contribution < 1.29 is 13.2 Å². The van der Waals surface area contributed by atoms with Crippen molar-refractivity contribution in [1.82, 2.24) is 4.31 Å². The van der Waals surface area contributed by atoms with Crippen LogP contribution in [0.2, 0.25) is 0 Å². The molecule has 0 aliphatic carbocycles. The predicted molar refractivity (Wildman–Crippen MR) is 105 cm³/mol. The van der Waals surface area contributed by atoms with Crippen LogP contribution in [0, 0.1) is 0 Å². The van der Waals surface area contributed by atoms with Gasteiger partial charge in [-0.3, -0.25) is 0 Å². The van der Waals surface area contributed by atoms with Gasteiger partial charge in [0.2, 0.25) is 10.0 Å². The Morgan fingerprint density at radius 1 is 0.923 bits per heavy atom. The first-order chi connectivity index (χ1) is 12.6. The van der Waals surface area contributed by atoms with Gasteiger partial charge in [-0.2, -0.15) is 4.31 Å². The number of anilines is 1. The number of hydrogen-bond donors (Lipinski definition) is 0. The molecular weight excluding hydrogens is 348 g/mol. The summed E-state index contributed by atoms with van der Waals surface area (Å²) in [5.74, 6) is 1.03. The Morgan fingerprint density at radius 2 is 1.58 bits per heavy atom. The zero-order chi connectivity index (χ0) is 18.4. The zero-order valence-corrected chi connectivity index (χ0v) is 16.0. The Morgan fingerprint density at radius 3 is 2.19 bits per heavy atom. The summed E-state index contributed by atoms with van der Waals surface area (Å²) in [7, 11) is -3.21. The number of aryl methyl sites for hydroxylation is 1. The van der Waals surface area contributed by atoms with E-state index in [-0.39, 0.29) is 5.75 Å². The van der Waals surface area contributed by atoms with Crippen molar-refractivity contribution in [2.45, 2.75) is 13.3 Å². The molecule has 0 saturated carbocycles. The first-order valence-electron chi connectivity index (χ1n) is 9.08. The Hall–Kier alpha value is -2.05. The highest BCUT2D eigenvalue weighted by atomic mass is 32.2. The molecular formula is C20H26N2O3S. The quantitative estimate of drug-likeness (QED) is 0.748. The van der Waals surface area contributed by atoms with E-state index in [1.54, 1.807) is 4.31 Å². The minimum Gasteiger partial charge on any atom is -0.494 e. The highest BCUT2D eigenvalue weighted by Gasteiger charge is 2.26. The normalized spacial score (nSPS) is 15.8. The third-order valence-electron chi connectivity index (χ3n) is 4.64. The standard InChI is InChI=1S/C20H26N2O3S/c1-2-25-20-10-8-19(9-11-20)21-13-15-22(16-14-21)26(23,24)17-12-18-6-4-3-5-7-18/h3-11H,2,12-17H2,1H3. The number of ether oxygens (including phenoxy) is 1. The number of sulfonamides is 1. The van der Waals surface area contributed by atoms with Crippen LogP contribution in [0.5, 0.6) is 5.75 Å². The summed E-state index contributed by atoms with van der Waals surface area (Å²) < 4.78 is 32.3. The van der Waals surface area contributed by atoms with Crippen molar-refractivity contribution in [3.05, 3.63) is 60.2 Å². The molecule has 1 aliphatic rings. The van der Waals surface area contributed by atoms with Gasteiger partial charge in [-0.15, -0.1) is 0 Å². The Balaban J connectivity index is 1.53. The second-order valence-electron chi connectivity index (χ2n) is 6.36. The maximum Gasteiger partial charge on any atom is 0.214 e. The van der Waals surface area contributed by atoms with Crippen molar-refractivity contribution in [3.8, 4) is 5.75 Å². The van der Waals surface area contributed by atoms with Gasteiger partial charge in [0.25, 0.3) is 0 Å². The molecule has 1 saturated heterocycles. The van der Waals surface area contributed by atoms with Gasteiger partial charge in [0.05, 0.1) is 12.4 Å². The lowest BCUT2D eigenvalue weighted by atomic mass is 10.2. The molecule has 2 aromatic rings. The van der Waals surface area contributed by atoms with Gasteiger partial charge in [0, 0.05) is 31.9 Å². The molecule has 26 heavy (non-hydrogen) atoms. The number of rotatable bonds is 7. The van der Waals surface area contributed by atoms with E-state index in [4.69, 9.17) is 4.74 Å². The Labute approximate surface area is 156 Å². The monoisotopic (exact) mass is 374 g/mol. The Kier molecular flexibility index (Phi) is 6.16.